The second kappa shape index (κ2) is 9.33. The minimum absolute atomic E-state index is 0.0241. The molecule has 0 heterocycles. The Morgan fingerprint density at radius 1 is 0.933 bits per heavy atom. The van der Waals surface area contributed by atoms with Crippen molar-refractivity contribution in [3.05, 3.63) is 89.5 Å². The highest BCUT2D eigenvalue weighted by Crippen LogP contribution is 2.24. The van der Waals surface area contributed by atoms with Gasteiger partial charge in [0.05, 0.1) is 6.42 Å². The highest BCUT2D eigenvalue weighted by molar-refractivity contribution is 5.72. The Morgan fingerprint density at radius 2 is 1.63 bits per heavy atom. The van der Waals surface area contributed by atoms with Crippen molar-refractivity contribution in [2.24, 2.45) is 0 Å². The van der Waals surface area contributed by atoms with Crippen molar-refractivity contribution in [2.45, 2.75) is 32.6 Å². The van der Waals surface area contributed by atoms with Gasteiger partial charge >= 0.3 is 5.97 Å². The normalized spacial score (nSPS) is 10.8. The van der Waals surface area contributed by atoms with Gasteiger partial charge in [0.2, 0.25) is 0 Å². The third kappa shape index (κ3) is 5.99. The summed E-state index contributed by atoms with van der Waals surface area (Å²) >= 11 is 0. The SMILES string of the molecule is CC(C)(C)c1ccc(OCC#Cc2ccc(-c3cccc(CC(=O)O)c3)cc2)cc1. The van der Waals surface area contributed by atoms with E-state index >= 15 is 0 Å². The zero-order valence-electron chi connectivity index (χ0n) is 17.6. The summed E-state index contributed by atoms with van der Waals surface area (Å²) in [6.45, 7) is 6.89. The van der Waals surface area contributed by atoms with Crippen molar-refractivity contribution in [3.63, 3.8) is 0 Å². The number of carbonyl (C=O) groups is 1. The molecule has 3 rings (SSSR count). The topological polar surface area (TPSA) is 46.5 Å². The molecule has 0 aromatic heterocycles. The Kier molecular flexibility index (Phi) is 6.59. The van der Waals surface area contributed by atoms with E-state index in [1.54, 1.807) is 0 Å². The van der Waals surface area contributed by atoms with Crippen LogP contribution in [0, 0.1) is 11.8 Å². The summed E-state index contributed by atoms with van der Waals surface area (Å²) in [7, 11) is 0. The van der Waals surface area contributed by atoms with Gasteiger partial charge in [0, 0.05) is 5.56 Å². The van der Waals surface area contributed by atoms with Crippen LogP contribution in [0.1, 0.15) is 37.5 Å². The van der Waals surface area contributed by atoms with Crippen LogP contribution >= 0.6 is 0 Å². The molecule has 1 N–H and O–H groups in total. The fraction of sp³-hybridized carbons (Fsp3) is 0.222. The lowest BCUT2D eigenvalue weighted by Crippen LogP contribution is -2.10. The predicted molar refractivity (Wildman–Crippen MR) is 121 cm³/mol. The summed E-state index contributed by atoms with van der Waals surface area (Å²) < 4.78 is 5.71. The smallest absolute Gasteiger partial charge is 0.307 e. The zero-order valence-corrected chi connectivity index (χ0v) is 17.6. The fourth-order valence-electron chi connectivity index (χ4n) is 3.09. The molecule has 3 nitrogen and oxygen atoms in total. The molecule has 0 spiro atoms. The van der Waals surface area contributed by atoms with Gasteiger partial charge in [0.25, 0.3) is 0 Å². The minimum atomic E-state index is -0.829. The van der Waals surface area contributed by atoms with E-state index in [4.69, 9.17) is 9.84 Å². The standard InChI is InChI=1S/C27H26O3/c1-27(2,3)24-13-15-25(16-14-24)30-17-5-7-20-9-11-22(12-10-20)23-8-4-6-21(18-23)19-26(28)29/h4,6,8-16,18H,17,19H2,1-3H3,(H,28,29). The van der Waals surface area contributed by atoms with Crippen molar-refractivity contribution in [3.8, 4) is 28.7 Å². The van der Waals surface area contributed by atoms with Gasteiger partial charge in [-0.1, -0.05) is 81.1 Å². The van der Waals surface area contributed by atoms with Crippen molar-refractivity contribution >= 4 is 5.97 Å². The van der Waals surface area contributed by atoms with Crippen molar-refractivity contribution in [1.82, 2.24) is 0 Å². The molecule has 0 unspecified atom stereocenters. The number of benzene rings is 3. The third-order valence-electron chi connectivity index (χ3n) is 4.76. The molecule has 0 aliphatic carbocycles. The Hall–Kier alpha value is -3.51. The van der Waals surface area contributed by atoms with Crippen LogP contribution in [0.5, 0.6) is 5.75 Å². The van der Waals surface area contributed by atoms with Crippen LogP contribution in [0.3, 0.4) is 0 Å². The Labute approximate surface area is 178 Å². The van der Waals surface area contributed by atoms with Crippen LogP contribution in [0.4, 0.5) is 0 Å². The molecule has 0 amide bonds. The van der Waals surface area contributed by atoms with E-state index in [2.05, 4.69) is 44.7 Å². The average molecular weight is 399 g/mol. The van der Waals surface area contributed by atoms with Crippen molar-refractivity contribution in [1.29, 1.82) is 0 Å². The number of hydrogen-bond donors (Lipinski definition) is 1. The molecule has 0 radical (unpaired) electrons. The number of ether oxygens (including phenoxy) is 1. The van der Waals surface area contributed by atoms with E-state index in [9.17, 15) is 4.79 Å². The van der Waals surface area contributed by atoms with Crippen LogP contribution in [-0.4, -0.2) is 17.7 Å². The first kappa shape index (κ1) is 21.2. The van der Waals surface area contributed by atoms with Gasteiger partial charge in [-0.15, -0.1) is 0 Å². The van der Waals surface area contributed by atoms with Crippen molar-refractivity contribution in [2.75, 3.05) is 6.61 Å². The molecular weight excluding hydrogens is 372 g/mol. The number of hydrogen-bond acceptors (Lipinski definition) is 2. The summed E-state index contributed by atoms with van der Waals surface area (Å²) in [5, 5.41) is 8.96. The molecule has 3 heteroatoms. The molecule has 0 bridgehead atoms. The third-order valence-corrected chi connectivity index (χ3v) is 4.76. The average Bonchev–Trinajstić information content (AvgIpc) is 2.71. The van der Waals surface area contributed by atoms with E-state index in [-0.39, 0.29) is 11.8 Å². The second-order valence-electron chi connectivity index (χ2n) is 8.21. The molecule has 3 aromatic carbocycles. The first-order valence-electron chi connectivity index (χ1n) is 9.95. The van der Waals surface area contributed by atoms with Crippen LogP contribution in [0.25, 0.3) is 11.1 Å². The van der Waals surface area contributed by atoms with E-state index in [0.29, 0.717) is 6.61 Å². The highest BCUT2D eigenvalue weighted by atomic mass is 16.5. The lowest BCUT2D eigenvalue weighted by atomic mass is 9.87. The molecule has 30 heavy (non-hydrogen) atoms. The maximum atomic E-state index is 10.9. The van der Waals surface area contributed by atoms with Crippen LogP contribution < -0.4 is 4.74 Å². The highest BCUT2D eigenvalue weighted by Gasteiger charge is 2.12. The van der Waals surface area contributed by atoms with Gasteiger partial charge in [-0.25, -0.2) is 0 Å². The second-order valence-corrected chi connectivity index (χ2v) is 8.21. The molecule has 152 valence electrons. The summed E-state index contributed by atoms with van der Waals surface area (Å²) in [5.41, 5.74) is 5.12. The van der Waals surface area contributed by atoms with Gasteiger partial charge in [-0.2, -0.15) is 0 Å². The first-order chi connectivity index (χ1) is 14.3. The lowest BCUT2D eigenvalue weighted by molar-refractivity contribution is -0.136. The minimum Gasteiger partial charge on any atom is -0.481 e. The summed E-state index contributed by atoms with van der Waals surface area (Å²) in [5.74, 6) is 6.15. The first-order valence-corrected chi connectivity index (χ1v) is 9.95. The number of carboxylic acids is 1. The number of rotatable bonds is 5. The quantitative estimate of drug-likeness (QED) is 0.560. The molecule has 0 saturated heterocycles. The Balaban J connectivity index is 1.59. The largest absolute Gasteiger partial charge is 0.481 e. The molecule has 0 aliphatic heterocycles. The van der Waals surface area contributed by atoms with Gasteiger partial charge in [-0.3, -0.25) is 4.79 Å². The van der Waals surface area contributed by atoms with Crippen LogP contribution in [-0.2, 0) is 16.6 Å². The molecule has 0 aliphatic rings. The lowest BCUT2D eigenvalue weighted by Gasteiger charge is -2.18. The Bertz CT molecular complexity index is 1060. The maximum Gasteiger partial charge on any atom is 0.307 e. The number of carboxylic acid groups (broad SMARTS) is 1. The van der Waals surface area contributed by atoms with Crippen molar-refractivity contribution < 1.29 is 14.6 Å². The van der Waals surface area contributed by atoms with Gasteiger partial charge in [0.1, 0.15) is 12.4 Å². The number of aliphatic carboxylic acids is 1. The van der Waals surface area contributed by atoms with Gasteiger partial charge < -0.3 is 9.84 Å². The zero-order chi connectivity index (χ0) is 21.6. The van der Waals surface area contributed by atoms with Gasteiger partial charge in [0.15, 0.2) is 0 Å². The maximum absolute atomic E-state index is 10.9. The summed E-state index contributed by atoms with van der Waals surface area (Å²) in [6.07, 6.45) is 0.0241. The van der Waals surface area contributed by atoms with E-state index in [1.807, 2.05) is 60.7 Å². The predicted octanol–water partition coefficient (Wildman–Crippen LogP) is 5.71. The van der Waals surface area contributed by atoms with E-state index in [0.717, 1.165) is 28.0 Å². The monoisotopic (exact) mass is 398 g/mol. The van der Waals surface area contributed by atoms with Crippen LogP contribution in [0.2, 0.25) is 0 Å². The molecule has 0 atom stereocenters. The molecule has 0 saturated carbocycles. The summed E-state index contributed by atoms with van der Waals surface area (Å²) in [4.78, 5) is 10.9. The fourth-order valence-corrected chi connectivity index (χ4v) is 3.09. The molecular formula is C27H26O3. The molecule has 3 aromatic rings. The Morgan fingerprint density at radius 3 is 2.27 bits per heavy atom. The summed E-state index contributed by atoms with van der Waals surface area (Å²) in [6, 6.07) is 23.7. The van der Waals surface area contributed by atoms with Crippen LogP contribution in [0.15, 0.2) is 72.8 Å². The molecule has 0 fully saturated rings. The van der Waals surface area contributed by atoms with Gasteiger partial charge in [-0.05, 0) is 51.9 Å². The van der Waals surface area contributed by atoms with E-state index < -0.39 is 5.97 Å². The van der Waals surface area contributed by atoms with E-state index in [1.165, 1.54) is 5.56 Å².